The molecule has 14 heteroatoms. The summed E-state index contributed by atoms with van der Waals surface area (Å²) >= 11 is 18.0. The van der Waals surface area contributed by atoms with Crippen molar-refractivity contribution in [2.75, 3.05) is 0 Å². The van der Waals surface area contributed by atoms with Crippen molar-refractivity contribution in [1.82, 2.24) is 9.97 Å². The van der Waals surface area contributed by atoms with Gasteiger partial charge in [0.2, 0.25) is 5.88 Å². The van der Waals surface area contributed by atoms with Crippen molar-refractivity contribution >= 4 is 34.8 Å². The van der Waals surface area contributed by atoms with Gasteiger partial charge in [-0.15, -0.1) is 0 Å². The van der Waals surface area contributed by atoms with Crippen molar-refractivity contribution in [1.29, 1.82) is 0 Å². The summed E-state index contributed by atoms with van der Waals surface area (Å²) in [5, 5.41) is -0.190. The maximum absolute atomic E-state index is 14.3. The predicted molar refractivity (Wildman–Crippen MR) is 124 cm³/mol. The quantitative estimate of drug-likeness (QED) is 0.215. The molecule has 4 rings (SSSR count). The standard InChI is InChI=1S/C24H9Cl3F7N2O2/c25-13-8-18(28)22(36-10-13)38-20-14(2-1-3-17(20)27)11-4-5-16(26)19(6-11)37-21-15(24(32,33)34)7-12(9-35-21)23(29,30)31/h1,3-10H. The Morgan fingerprint density at radius 3 is 2.13 bits per heavy atom. The molecule has 0 spiro atoms. The SMILES string of the molecule is Fc1cc(Cl)cnc1Oc1c(-c2ccc(Cl)c(Oc3ncc(C(F)(F)F)cc3C(F)(F)F)c2)[c]ccc1Cl. The molecule has 0 aliphatic carbocycles. The Hall–Kier alpha value is -3.28. The van der Waals surface area contributed by atoms with E-state index in [9.17, 15) is 30.7 Å². The minimum absolute atomic E-state index is 0.00363. The van der Waals surface area contributed by atoms with Crippen LogP contribution in [0.1, 0.15) is 11.1 Å². The Bertz CT molecular complexity index is 1510. The van der Waals surface area contributed by atoms with Crippen LogP contribution in [0.15, 0.2) is 54.9 Å². The van der Waals surface area contributed by atoms with Gasteiger partial charge < -0.3 is 9.47 Å². The summed E-state index contributed by atoms with van der Waals surface area (Å²) < 4.78 is 104. The molecule has 1 radical (unpaired) electrons. The fourth-order valence-electron chi connectivity index (χ4n) is 3.08. The molecule has 0 bridgehead atoms. The number of benzene rings is 2. The second kappa shape index (κ2) is 10.5. The summed E-state index contributed by atoms with van der Waals surface area (Å²) in [4.78, 5) is 6.97. The van der Waals surface area contributed by atoms with Crippen LogP contribution in [0.5, 0.6) is 23.3 Å². The molecule has 0 saturated carbocycles. The third-order valence-electron chi connectivity index (χ3n) is 4.78. The van der Waals surface area contributed by atoms with Crippen LogP contribution >= 0.6 is 34.8 Å². The van der Waals surface area contributed by atoms with E-state index in [0.29, 0.717) is 0 Å². The van der Waals surface area contributed by atoms with Gasteiger partial charge in [0.25, 0.3) is 5.88 Å². The third kappa shape index (κ3) is 6.06. The Labute approximate surface area is 224 Å². The van der Waals surface area contributed by atoms with E-state index in [4.69, 9.17) is 44.3 Å². The molecule has 0 aliphatic rings. The Balaban J connectivity index is 1.76. The number of alkyl halides is 6. The van der Waals surface area contributed by atoms with Gasteiger partial charge in [0.15, 0.2) is 11.6 Å². The normalized spacial score (nSPS) is 11.9. The van der Waals surface area contributed by atoms with E-state index in [2.05, 4.69) is 16.0 Å². The van der Waals surface area contributed by atoms with E-state index in [-0.39, 0.29) is 44.2 Å². The van der Waals surface area contributed by atoms with E-state index in [0.717, 1.165) is 18.3 Å². The van der Waals surface area contributed by atoms with Crippen LogP contribution in [0.25, 0.3) is 11.1 Å². The minimum Gasteiger partial charge on any atom is -0.437 e. The van der Waals surface area contributed by atoms with Gasteiger partial charge in [-0.05, 0) is 42.0 Å². The van der Waals surface area contributed by atoms with E-state index >= 15 is 0 Å². The van der Waals surface area contributed by atoms with Gasteiger partial charge in [-0.1, -0.05) is 46.9 Å². The monoisotopic (exact) mass is 595 g/mol. The summed E-state index contributed by atoms with van der Waals surface area (Å²) in [6, 6.07) is 10.2. The van der Waals surface area contributed by atoms with Crippen LogP contribution in [0.3, 0.4) is 0 Å². The highest BCUT2D eigenvalue weighted by Gasteiger charge is 2.40. The Kier molecular flexibility index (Phi) is 7.64. The van der Waals surface area contributed by atoms with Crippen molar-refractivity contribution in [2.24, 2.45) is 0 Å². The molecule has 0 unspecified atom stereocenters. The highest BCUT2D eigenvalue weighted by molar-refractivity contribution is 6.33. The first kappa shape index (κ1) is 27.7. The number of ether oxygens (including phenoxy) is 2. The van der Waals surface area contributed by atoms with Crippen LogP contribution in [0.2, 0.25) is 15.1 Å². The van der Waals surface area contributed by atoms with Crippen LogP contribution in [0, 0.1) is 11.9 Å². The molecule has 0 aliphatic heterocycles. The first-order valence-electron chi connectivity index (χ1n) is 10.1. The molecular weight excluding hydrogens is 588 g/mol. The van der Waals surface area contributed by atoms with Crippen molar-refractivity contribution in [3.05, 3.63) is 92.9 Å². The molecular formula is C24H9Cl3F7N2O2. The molecule has 0 atom stereocenters. The first-order chi connectivity index (χ1) is 17.7. The van der Waals surface area contributed by atoms with Gasteiger partial charge in [0, 0.05) is 18.0 Å². The second-order valence-electron chi connectivity index (χ2n) is 7.39. The first-order valence-corrected chi connectivity index (χ1v) is 11.2. The lowest BCUT2D eigenvalue weighted by Gasteiger charge is -2.17. The molecule has 0 N–H and O–H groups in total. The topological polar surface area (TPSA) is 44.2 Å². The van der Waals surface area contributed by atoms with Crippen molar-refractivity contribution in [2.45, 2.75) is 12.4 Å². The average molecular weight is 597 g/mol. The zero-order valence-electron chi connectivity index (χ0n) is 18.2. The third-order valence-corrected chi connectivity index (χ3v) is 5.60. The van der Waals surface area contributed by atoms with Gasteiger partial charge in [-0.25, -0.2) is 14.4 Å². The Morgan fingerprint density at radius 2 is 1.47 bits per heavy atom. The number of aromatic nitrogens is 2. The fraction of sp³-hybridized carbons (Fsp3) is 0.0833. The average Bonchev–Trinajstić information content (AvgIpc) is 2.82. The van der Waals surface area contributed by atoms with Crippen LogP contribution in [-0.2, 0) is 12.4 Å². The molecule has 38 heavy (non-hydrogen) atoms. The highest BCUT2D eigenvalue weighted by Crippen LogP contribution is 2.44. The Morgan fingerprint density at radius 1 is 0.763 bits per heavy atom. The maximum atomic E-state index is 14.3. The largest absolute Gasteiger partial charge is 0.437 e. The molecule has 0 amide bonds. The number of pyridine rings is 2. The molecule has 0 saturated heterocycles. The molecule has 197 valence electrons. The zero-order chi connectivity index (χ0) is 27.8. The van der Waals surface area contributed by atoms with Crippen molar-refractivity contribution < 1.29 is 40.2 Å². The lowest BCUT2D eigenvalue weighted by molar-refractivity contribution is -0.144. The smallest absolute Gasteiger partial charge is 0.421 e. The van der Waals surface area contributed by atoms with Crippen LogP contribution < -0.4 is 9.47 Å². The number of halogens is 10. The molecule has 2 aromatic heterocycles. The number of hydrogen-bond acceptors (Lipinski definition) is 4. The van der Waals surface area contributed by atoms with Gasteiger partial charge in [-0.3, -0.25) is 0 Å². The second-order valence-corrected chi connectivity index (χ2v) is 8.64. The molecule has 2 aromatic carbocycles. The van der Waals surface area contributed by atoms with Gasteiger partial charge in [0.1, 0.15) is 11.3 Å². The summed E-state index contributed by atoms with van der Waals surface area (Å²) in [5.74, 6) is -3.07. The molecule has 0 fully saturated rings. The molecule has 4 aromatic rings. The lowest BCUT2D eigenvalue weighted by Crippen LogP contribution is -2.13. The summed E-state index contributed by atoms with van der Waals surface area (Å²) in [7, 11) is 0. The molecule has 4 nitrogen and oxygen atoms in total. The summed E-state index contributed by atoms with van der Waals surface area (Å²) in [6.45, 7) is 0. The van der Waals surface area contributed by atoms with Crippen molar-refractivity contribution in [3.63, 3.8) is 0 Å². The van der Waals surface area contributed by atoms with E-state index in [1.54, 1.807) is 0 Å². The highest BCUT2D eigenvalue weighted by atomic mass is 35.5. The lowest BCUT2D eigenvalue weighted by atomic mass is 10.0. The summed E-state index contributed by atoms with van der Waals surface area (Å²) in [6.07, 6.45) is -8.97. The number of nitrogens with zero attached hydrogens (tertiary/aromatic N) is 2. The van der Waals surface area contributed by atoms with Gasteiger partial charge >= 0.3 is 12.4 Å². The van der Waals surface area contributed by atoms with E-state index < -0.39 is 46.8 Å². The fourth-order valence-corrected chi connectivity index (χ4v) is 3.58. The number of rotatable bonds is 5. The van der Waals surface area contributed by atoms with Crippen LogP contribution in [-0.4, -0.2) is 9.97 Å². The van der Waals surface area contributed by atoms with Crippen LogP contribution in [0.4, 0.5) is 30.7 Å². The zero-order valence-corrected chi connectivity index (χ0v) is 20.5. The predicted octanol–water partition coefficient (Wildman–Crippen LogP) is 9.67. The van der Waals surface area contributed by atoms with Crippen molar-refractivity contribution in [3.8, 4) is 34.4 Å². The van der Waals surface area contributed by atoms with Gasteiger partial charge in [0.05, 0.1) is 20.6 Å². The van der Waals surface area contributed by atoms with E-state index in [1.807, 2.05) is 0 Å². The van der Waals surface area contributed by atoms with Gasteiger partial charge in [-0.2, -0.15) is 26.3 Å². The van der Waals surface area contributed by atoms with E-state index in [1.165, 1.54) is 24.3 Å². The minimum atomic E-state index is -5.23. The number of hydrogen-bond donors (Lipinski definition) is 0. The molecule has 2 heterocycles. The maximum Gasteiger partial charge on any atom is 0.421 e. The summed E-state index contributed by atoms with van der Waals surface area (Å²) in [5.41, 5.74) is -3.10.